The first-order valence-electron chi connectivity index (χ1n) is 13.0. The van der Waals surface area contributed by atoms with Gasteiger partial charge in [-0.25, -0.2) is 18.5 Å². The smallest absolute Gasteiger partial charge is 0.238 e. The summed E-state index contributed by atoms with van der Waals surface area (Å²) in [5, 5.41) is 30.5. The Kier molecular flexibility index (Phi) is 8.66. The lowest BCUT2D eigenvalue weighted by molar-refractivity contribution is -0.113. The lowest BCUT2D eigenvalue weighted by Gasteiger charge is -2.12. The van der Waals surface area contributed by atoms with Gasteiger partial charge in [0.05, 0.1) is 27.6 Å². The average molecular weight is 614 g/mol. The predicted molar refractivity (Wildman–Crippen MR) is 168 cm³/mol. The van der Waals surface area contributed by atoms with Crippen LogP contribution in [0.5, 0.6) is 0 Å². The molecular formula is C30H27N7O4S2. The Morgan fingerprint density at radius 1 is 1.09 bits per heavy atom. The van der Waals surface area contributed by atoms with Gasteiger partial charge in [0, 0.05) is 28.7 Å². The largest absolute Gasteiger partial charge is 0.411 e. The van der Waals surface area contributed by atoms with Gasteiger partial charge in [-0.3, -0.25) is 9.36 Å². The van der Waals surface area contributed by atoms with Crippen LogP contribution in [0.15, 0.2) is 107 Å². The normalized spacial score (nSPS) is 11.9. The zero-order valence-corrected chi connectivity index (χ0v) is 24.6. The minimum absolute atomic E-state index is 0.0111. The number of pyridine rings is 1. The second kappa shape index (κ2) is 12.6. The number of hydrogen-bond donors (Lipinski definition) is 3. The highest BCUT2D eigenvalue weighted by atomic mass is 32.2. The first kappa shape index (κ1) is 29.6. The van der Waals surface area contributed by atoms with Crippen molar-refractivity contribution >= 4 is 50.0 Å². The zero-order valence-electron chi connectivity index (χ0n) is 23.0. The third-order valence-corrected chi connectivity index (χ3v) is 8.43. The van der Waals surface area contributed by atoms with Gasteiger partial charge in [0.15, 0.2) is 11.0 Å². The first-order chi connectivity index (χ1) is 20.7. The fourth-order valence-electron chi connectivity index (χ4n) is 4.39. The van der Waals surface area contributed by atoms with Crippen molar-refractivity contribution in [2.45, 2.75) is 23.5 Å². The minimum atomic E-state index is -3.83. The monoisotopic (exact) mass is 613 g/mol. The molecule has 0 spiro atoms. The van der Waals surface area contributed by atoms with Gasteiger partial charge in [-0.15, -0.1) is 16.8 Å². The molecule has 13 heteroatoms. The maximum Gasteiger partial charge on any atom is 0.238 e. The average Bonchev–Trinajstić information content (AvgIpc) is 3.41. The van der Waals surface area contributed by atoms with Crippen molar-refractivity contribution in [3.05, 3.63) is 97.1 Å². The fraction of sp³-hybridized carbons (Fsp3) is 0.100. The molecule has 5 rings (SSSR count). The van der Waals surface area contributed by atoms with Crippen molar-refractivity contribution < 1.29 is 18.4 Å². The molecule has 0 saturated heterocycles. The lowest BCUT2D eigenvalue weighted by Crippen LogP contribution is -2.14. The third kappa shape index (κ3) is 6.64. The van der Waals surface area contributed by atoms with Crippen LogP contribution in [0.25, 0.3) is 33.5 Å². The van der Waals surface area contributed by atoms with Gasteiger partial charge < -0.3 is 10.5 Å². The summed E-state index contributed by atoms with van der Waals surface area (Å²) < 4.78 is 25.3. The number of carbonyl (C=O) groups excluding carboxylic acids is 1. The highest BCUT2D eigenvalue weighted by Gasteiger charge is 2.19. The molecule has 218 valence electrons. The van der Waals surface area contributed by atoms with Crippen molar-refractivity contribution in [2.24, 2.45) is 10.3 Å². The molecule has 1 amide bonds. The number of rotatable bonds is 10. The summed E-state index contributed by atoms with van der Waals surface area (Å²) in [6.07, 6.45) is 1.73. The number of fused-ring (bicyclic) bond motifs is 1. The predicted octanol–water partition coefficient (Wildman–Crippen LogP) is 4.92. The molecule has 0 saturated carbocycles. The number of thioether (sulfide) groups is 1. The van der Waals surface area contributed by atoms with E-state index < -0.39 is 10.0 Å². The summed E-state index contributed by atoms with van der Waals surface area (Å²) >= 11 is 1.24. The van der Waals surface area contributed by atoms with E-state index in [0.29, 0.717) is 40.2 Å². The van der Waals surface area contributed by atoms with E-state index in [4.69, 9.17) is 15.3 Å². The Morgan fingerprint density at radius 3 is 2.49 bits per heavy atom. The highest BCUT2D eigenvalue weighted by molar-refractivity contribution is 7.99. The Labute approximate surface area is 252 Å². The number of para-hydroxylation sites is 1. The van der Waals surface area contributed by atoms with Crippen LogP contribution in [0.1, 0.15) is 12.5 Å². The summed E-state index contributed by atoms with van der Waals surface area (Å²) in [5.41, 5.74) is 4.63. The molecule has 0 atom stereocenters. The van der Waals surface area contributed by atoms with Crippen LogP contribution < -0.4 is 10.5 Å². The second-order valence-electron chi connectivity index (χ2n) is 9.45. The molecule has 0 aliphatic heterocycles. The number of allylic oxidation sites excluding steroid dienone is 1. The van der Waals surface area contributed by atoms with Crippen LogP contribution >= 0.6 is 11.8 Å². The van der Waals surface area contributed by atoms with Gasteiger partial charge in [0.1, 0.15) is 0 Å². The van der Waals surface area contributed by atoms with Gasteiger partial charge in [0.2, 0.25) is 15.9 Å². The van der Waals surface area contributed by atoms with Gasteiger partial charge in [-0.2, -0.15) is 0 Å². The number of aromatic nitrogens is 4. The number of amides is 1. The number of sulfonamides is 1. The van der Waals surface area contributed by atoms with Crippen LogP contribution in [0.4, 0.5) is 5.69 Å². The van der Waals surface area contributed by atoms with Crippen molar-refractivity contribution in [2.75, 3.05) is 11.1 Å². The Hall–Kier alpha value is -4.85. The first-order valence-corrected chi connectivity index (χ1v) is 15.5. The van der Waals surface area contributed by atoms with Gasteiger partial charge >= 0.3 is 0 Å². The zero-order chi connectivity index (χ0) is 30.6. The molecule has 2 aromatic heterocycles. The lowest BCUT2D eigenvalue weighted by atomic mass is 10.0. The van der Waals surface area contributed by atoms with Crippen LogP contribution in [0, 0.1) is 0 Å². The Bertz CT molecular complexity index is 1950. The van der Waals surface area contributed by atoms with Gasteiger partial charge in [-0.1, -0.05) is 65.5 Å². The number of carbonyl (C=O) groups is 1. The number of nitrogens with two attached hydrogens (primary N) is 1. The molecule has 0 bridgehead atoms. The third-order valence-electron chi connectivity index (χ3n) is 6.53. The highest BCUT2D eigenvalue weighted by Crippen LogP contribution is 2.33. The molecule has 4 N–H and O–H groups in total. The van der Waals surface area contributed by atoms with E-state index in [1.165, 1.54) is 23.9 Å². The molecule has 0 aliphatic carbocycles. The second-order valence-corrected chi connectivity index (χ2v) is 12.0. The van der Waals surface area contributed by atoms with Crippen LogP contribution in [0.3, 0.4) is 0 Å². The maximum atomic E-state index is 12.7. The fourth-order valence-corrected chi connectivity index (χ4v) is 5.65. The standard InChI is InChI=1S/C30H27N7O4S2/c1-3-16-37-29(34-35-30(37)42-18-28(38)32-22-12-8-20(9-13-22)19(2)36-39)25-17-27(33-26-7-5-4-6-24(25)26)21-10-14-23(15-11-21)43(31,40)41/h3-15,17,39H,1,16,18H2,2H3,(H,32,38)(H2,31,40,41)/b36-19+. The molecule has 3 aromatic carbocycles. The van der Waals surface area contributed by atoms with E-state index in [2.05, 4.69) is 27.2 Å². The summed E-state index contributed by atoms with van der Waals surface area (Å²) in [7, 11) is -3.83. The van der Waals surface area contributed by atoms with Crippen molar-refractivity contribution in [1.29, 1.82) is 0 Å². The van der Waals surface area contributed by atoms with E-state index in [1.807, 2.05) is 34.9 Å². The van der Waals surface area contributed by atoms with E-state index in [0.717, 1.165) is 22.0 Å². The minimum Gasteiger partial charge on any atom is -0.411 e. The molecule has 0 unspecified atom stereocenters. The molecule has 2 heterocycles. The Morgan fingerprint density at radius 2 is 1.81 bits per heavy atom. The van der Waals surface area contributed by atoms with Crippen LogP contribution in [-0.4, -0.2) is 50.7 Å². The summed E-state index contributed by atoms with van der Waals surface area (Å²) in [4.78, 5) is 17.5. The number of hydrogen-bond acceptors (Lipinski definition) is 9. The number of oxime groups is 1. The SMILES string of the molecule is C=CCn1c(SCC(=O)Nc2ccc(/C(C)=N/O)cc2)nnc1-c1cc(-c2ccc(S(N)(=O)=O)cc2)nc2ccccc12. The quantitative estimate of drug-likeness (QED) is 0.0656. The molecule has 5 aromatic rings. The maximum absolute atomic E-state index is 12.7. The van der Waals surface area contributed by atoms with Gasteiger partial charge in [-0.05, 0) is 48.9 Å². The van der Waals surface area contributed by atoms with E-state index in [1.54, 1.807) is 49.4 Å². The summed E-state index contributed by atoms with van der Waals surface area (Å²) in [6.45, 7) is 5.96. The molecule has 11 nitrogen and oxygen atoms in total. The molecule has 0 aliphatic rings. The number of nitrogens with zero attached hydrogens (tertiary/aromatic N) is 5. The van der Waals surface area contributed by atoms with Crippen molar-refractivity contribution in [1.82, 2.24) is 19.7 Å². The van der Waals surface area contributed by atoms with E-state index in [-0.39, 0.29) is 16.6 Å². The van der Waals surface area contributed by atoms with Crippen LogP contribution in [-0.2, 0) is 21.4 Å². The van der Waals surface area contributed by atoms with E-state index >= 15 is 0 Å². The number of nitrogens with one attached hydrogen (secondary N) is 1. The van der Waals surface area contributed by atoms with Crippen LogP contribution in [0.2, 0.25) is 0 Å². The summed E-state index contributed by atoms with van der Waals surface area (Å²) in [6, 6.07) is 22.7. The number of benzene rings is 3. The number of anilines is 1. The summed E-state index contributed by atoms with van der Waals surface area (Å²) in [5.74, 6) is 0.437. The topological polar surface area (TPSA) is 165 Å². The molecule has 43 heavy (non-hydrogen) atoms. The molecule has 0 fully saturated rings. The van der Waals surface area contributed by atoms with Crippen molar-refractivity contribution in [3.8, 4) is 22.6 Å². The van der Waals surface area contributed by atoms with Crippen molar-refractivity contribution in [3.63, 3.8) is 0 Å². The van der Waals surface area contributed by atoms with Gasteiger partial charge in [0.25, 0.3) is 0 Å². The molecular weight excluding hydrogens is 587 g/mol. The van der Waals surface area contributed by atoms with E-state index in [9.17, 15) is 13.2 Å². The number of primary sulfonamides is 1. The Balaban J connectivity index is 1.43. The molecule has 0 radical (unpaired) electrons.